The number of aliphatic hydroxyl groups is 1. The molecule has 2 aliphatic carbocycles. The van der Waals surface area contributed by atoms with Crippen LogP contribution in [0.25, 0.3) is 0 Å². The molecule has 0 amide bonds. The third-order valence-electron chi connectivity index (χ3n) is 6.08. The first-order valence-corrected chi connectivity index (χ1v) is 7.37. The van der Waals surface area contributed by atoms with Gasteiger partial charge in [0.25, 0.3) is 0 Å². The summed E-state index contributed by atoms with van der Waals surface area (Å²) >= 11 is 0. The highest BCUT2D eigenvalue weighted by molar-refractivity contribution is 5.83. The fourth-order valence-corrected chi connectivity index (χ4v) is 4.23. The molecule has 1 aromatic rings. The Kier molecular flexibility index (Phi) is 2.94. The van der Waals surface area contributed by atoms with Crippen LogP contribution in [0.3, 0.4) is 0 Å². The van der Waals surface area contributed by atoms with Crippen LogP contribution in [0.5, 0.6) is 5.75 Å². The largest absolute Gasteiger partial charge is 0.507 e. The lowest BCUT2D eigenvalue weighted by atomic mass is 9.70. The molecule has 108 valence electrons. The number of hydrogen-bond acceptors (Lipinski definition) is 3. The van der Waals surface area contributed by atoms with Crippen LogP contribution in [0.15, 0.2) is 29.3 Å². The number of phenolic OH excluding ortho intramolecular Hbond substituents is 1. The molecule has 3 rings (SSSR count). The van der Waals surface area contributed by atoms with Gasteiger partial charge in [0.2, 0.25) is 0 Å². The number of aliphatic hydroxyl groups excluding tert-OH is 1. The topological polar surface area (TPSA) is 52.8 Å². The molecule has 3 nitrogen and oxygen atoms in total. The zero-order valence-corrected chi connectivity index (χ0v) is 12.4. The van der Waals surface area contributed by atoms with E-state index in [1.165, 1.54) is 0 Å². The molecule has 0 saturated heterocycles. The molecule has 2 bridgehead atoms. The third-order valence-corrected chi connectivity index (χ3v) is 6.08. The van der Waals surface area contributed by atoms with Gasteiger partial charge in [-0.1, -0.05) is 32.9 Å². The fourth-order valence-electron chi connectivity index (χ4n) is 4.23. The lowest BCUT2D eigenvalue weighted by molar-refractivity contribution is 0.00624. The van der Waals surface area contributed by atoms with Gasteiger partial charge >= 0.3 is 0 Å². The summed E-state index contributed by atoms with van der Waals surface area (Å²) in [7, 11) is 0. The Morgan fingerprint density at radius 3 is 2.55 bits per heavy atom. The molecule has 1 aromatic carbocycles. The summed E-state index contributed by atoms with van der Waals surface area (Å²) in [6.45, 7) is 6.69. The highest BCUT2D eigenvalue weighted by Gasteiger charge is 2.65. The number of aliphatic imine (C=N–C) groups is 1. The van der Waals surface area contributed by atoms with Crippen LogP contribution in [0.4, 0.5) is 0 Å². The maximum absolute atomic E-state index is 10.6. The number of benzene rings is 1. The van der Waals surface area contributed by atoms with Gasteiger partial charge in [0.05, 0.1) is 12.1 Å². The summed E-state index contributed by atoms with van der Waals surface area (Å²) < 4.78 is 0. The minimum absolute atomic E-state index is 0.0432. The van der Waals surface area contributed by atoms with E-state index in [0.29, 0.717) is 11.5 Å². The second kappa shape index (κ2) is 4.32. The number of phenols is 1. The Morgan fingerprint density at radius 1 is 1.25 bits per heavy atom. The van der Waals surface area contributed by atoms with Gasteiger partial charge < -0.3 is 10.2 Å². The van der Waals surface area contributed by atoms with Gasteiger partial charge in [0.15, 0.2) is 0 Å². The van der Waals surface area contributed by atoms with Gasteiger partial charge in [-0.05, 0) is 36.3 Å². The summed E-state index contributed by atoms with van der Waals surface area (Å²) in [5.74, 6) is 0.656. The number of nitrogens with zero attached hydrogens (tertiary/aromatic N) is 1. The summed E-state index contributed by atoms with van der Waals surface area (Å²) in [6.07, 6.45) is 3.53. The molecule has 0 aromatic heterocycles. The normalized spacial score (nSPS) is 38.7. The number of fused-ring (bicyclic) bond motifs is 2. The second-order valence-electron chi connectivity index (χ2n) is 7.06. The van der Waals surface area contributed by atoms with Crippen molar-refractivity contribution in [1.82, 2.24) is 0 Å². The van der Waals surface area contributed by atoms with Crippen LogP contribution in [0, 0.1) is 16.7 Å². The molecule has 2 saturated carbocycles. The van der Waals surface area contributed by atoms with E-state index in [0.717, 1.165) is 12.8 Å². The highest BCUT2D eigenvalue weighted by atomic mass is 16.3. The van der Waals surface area contributed by atoms with E-state index >= 15 is 0 Å². The Hall–Kier alpha value is -1.35. The number of hydrogen-bond donors (Lipinski definition) is 2. The van der Waals surface area contributed by atoms with Crippen LogP contribution < -0.4 is 0 Å². The Balaban J connectivity index is 1.88. The third kappa shape index (κ3) is 1.65. The first-order chi connectivity index (χ1) is 9.38. The van der Waals surface area contributed by atoms with E-state index in [1.54, 1.807) is 18.3 Å². The summed E-state index contributed by atoms with van der Waals surface area (Å²) in [5.41, 5.74) is 0.788. The van der Waals surface area contributed by atoms with Crippen molar-refractivity contribution in [3.63, 3.8) is 0 Å². The minimum atomic E-state index is -0.390. The van der Waals surface area contributed by atoms with Crippen LogP contribution >= 0.6 is 0 Å². The van der Waals surface area contributed by atoms with E-state index in [9.17, 15) is 10.2 Å². The molecule has 0 spiro atoms. The van der Waals surface area contributed by atoms with Gasteiger partial charge in [0, 0.05) is 17.2 Å². The summed E-state index contributed by atoms with van der Waals surface area (Å²) in [6, 6.07) is 7.12. The molecule has 3 heteroatoms. The zero-order chi connectivity index (χ0) is 14.5. The molecule has 0 heterocycles. The first-order valence-electron chi connectivity index (χ1n) is 7.37. The molecule has 2 unspecified atom stereocenters. The van der Waals surface area contributed by atoms with Gasteiger partial charge in [-0.2, -0.15) is 0 Å². The summed E-state index contributed by atoms with van der Waals surface area (Å²) in [5, 5.41) is 20.4. The van der Waals surface area contributed by atoms with Crippen molar-refractivity contribution in [2.75, 3.05) is 0 Å². The molecule has 0 radical (unpaired) electrons. The zero-order valence-electron chi connectivity index (χ0n) is 12.4. The van der Waals surface area contributed by atoms with Crippen molar-refractivity contribution in [2.24, 2.45) is 21.7 Å². The molecule has 2 fully saturated rings. The van der Waals surface area contributed by atoms with Crippen LogP contribution in [0.2, 0.25) is 0 Å². The number of rotatable bonds is 2. The second-order valence-corrected chi connectivity index (χ2v) is 7.06. The van der Waals surface area contributed by atoms with E-state index in [-0.39, 0.29) is 22.6 Å². The minimum Gasteiger partial charge on any atom is -0.507 e. The van der Waals surface area contributed by atoms with Gasteiger partial charge in [0.1, 0.15) is 5.75 Å². The van der Waals surface area contributed by atoms with E-state index in [4.69, 9.17) is 0 Å². The molecular formula is C17H23NO2. The average Bonchev–Trinajstić information content (AvgIpc) is 2.71. The van der Waals surface area contributed by atoms with Crippen LogP contribution in [0.1, 0.15) is 39.2 Å². The average molecular weight is 273 g/mol. The quantitative estimate of drug-likeness (QED) is 0.814. The standard InChI is InChI=1S/C17H23NO2/c1-16(2)12-8-9-17(16,3)15(20)14(12)18-10-11-6-4-5-7-13(11)19/h4-7,10,12,14-15,19-20H,8-9H2,1-3H3/t12?,14-,15-,17?/m1/s1. The molecule has 20 heavy (non-hydrogen) atoms. The van der Waals surface area contributed by atoms with Crippen molar-refractivity contribution in [3.8, 4) is 5.75 Å². The number of aromatic hydroxyl groups is 1. The first kappa shape index (κ1) is 13.6. The smallest absolute Gasteiger partial charge is 0.124 e. The Labute approximate surface area is 120 Å². The Bertz CT molecular complexity index is 552. The van der Waals surface area contributed by atoms with Gasteiger partial charge in [-0.3, -0.25) is 4.99 Å². The number of para-hydroxylation sites is 1. The SMILES string of the molecule is CC1(C)C2CCC1(C)[C@H](O)[C@@H]2N=Cc1ccccc1O. The highest BCUT2D eigenvalue weighted by Crippen LogP contribution is 2.66. The maximum Gasteiger partial charge on any atom is 0.124 e. The van der Waals surface area contributed by atoms with E-state index < -0.39 is 6.10 Å². The van der Waals surface area contributed by atoms with Crippen molar-refractivity contribution in [1.29, 1.82) is 0 Å². The van der Waals surface area contributed by atoms with Gasteiger partial charge in [-0.15, -0.1) is 0 Å². The van der Waals surface area contributed by atoms with Crippen molar-refractivity contribution < 1.29 is 10.2 Å². The lowest BCUT2D eigenvalue weighted by Crippen LogP contribution is -2.39. The predicted octanol–water partition coefficient (Wildman–Crippen LogP) is 3.00. The van der Waals surface area contributed by atoms with Crippen molar-refractivity contribution >= 4 is 6.21 Å². The van der Waals surface area contributed by atoms with E-state index in [1.807, 2.05) is 12.1 Å². The van der Waals surface area contributed by atoms with Crippen LogP contribution in [-0.2, 0) is 0 Å². The molecule has 2 N–H and O–H groups in total. The molecular weight excluding hydrogens is 250 g/mol. The lowest BCUT2D eigenvalue weighted by Gasteiger charge is -2.36. The van der Waals surface area contributed by atoms with Crippen molar-refractivity contribution in [2.45, 2.75) is 45.8 Å². The van der Waals surface area contributed by atoms with Crippen LogP contribution in [-0.4, -0.2) is 28.6 Å². The molecule has 2 aliphatic rings. The van der Waals surface area contributed by atoms with E-state index in [2.05, 4.69) is 25.8 Å². The maximum atomic E-state index is 10.6. The Morgan fingerprint density at radius 2 is 1.95 bits per heavy atom. The predicted molar refractivity (Wildman–Crippen MR) is 80.1 cm³/mol. The fraction of sp³-hybridized carbons (Fsp3) is 0.588. The monoisotopic (exact) mass is 273 g/mol. The van der Waals surface area contributed by atoms with Crippen molar-refractivity contribution in [3.05, 3.63) is 29.8 Å². The van der Waals surface area contributed by atoms with Gasteiger partial charge in [-0.25, -0.2) is 0 Å². The molecule has 4 atom stereocenters. The summed E-state index contributed by atoms with van der Waals surface area (Å²) in [4.78, 5) is 4.62. The molecule has 0 aliphatic heterocycles.